The van der Waals surface area contributed by atoms with Gasteiger partial charge in [-0.1, -0.05) is 11.8 Å². The van der Waals surface area contributed by atoms with Crippen LogP contribution in [0.1, 0.15) is 6.92 Å². The van der Waals surface area contributed by atoms with Gasteiger partial charge in [0, 0.05) is 6.54 Å². The molecule has 0 saturated carbocycles. The lowest BCUT2D eigenvalue weighted by molar-refractivity contribution is -0.115. The van der Waals surface area contributed by atoms with E-state index in [2.05, 4.69) is 10.2 Å². The van der Waals surface area contributed by atoms with Crippen molar-refractivity contribution in [3.05, 3.63) is 18.4 Å². The molecule has 0 spiro atoms. The molecule has 90 valence electrons. The molecule has 2 N–H and O–H groups in total. The molecule has 2 rings (SSSR count). The Hall–Kier alpha value is -1.76. The Morgan fingerprint density at radius 3 is 3.00 bits per heavy atom. The number of carbonyl (C=O) groups excluding carboxylic acids is 1. The first kappa shape index (κ1) is 11.7. The van der Waals surface area contributed by atoms with Crippen molar-refractivity contribution in [3.8, 4) is 11.6 Å². The molecular weight excluding hydrogens is 240 g/mol. The zero-order chi connectivity index (χ0) is 12.3. The van der Waals surface area contributed by atoms with Crippen LogP contribution in [0.15, 0.2) is 28.0 Å². The first-order valence-electron chi connectivity index (χ1n) is 5.10. The second-order valence-electron chi connectivity index (χ2n) is 3.28. The van der Waals surface area contributed by atoms with Crippen LogP contribution < -0.4 is 5.73 Å². The van der Waals surface area contributed by atoms with Gasteiger partial charge in [0.1, 0.15) is 0 Å². The van der Waals surface area contributed by atoms with E-state index in [1.54, 1.807) is 12.3 Å². The third-order valence-electron chi connectivity index (χ3n) is 2.12. The van der Waals surface area contributed by atoms with Gasteiger partial charge in [-0.2, -0.15) is 0 Å². The molecule has 7 heteroatoms. The molecule has 0 bridgehead atoms. The summed E-state index contributed by atoms with van der Waals surface area (Å²) in [4.78, 5) is 10.7. The van der Waals surface area contributed by atoms with Gasteiger partial charge in [-0.15, -0.1) is 10.2 Å². The predicted octanol–water partition coefficient (Wildman–Crippen LogP) is 1.14. The lowest BCUT2D eigenvalue weighted by Gasteiger charge is -2.04. The summed E-state index contributed by atoms with van der Waals surface area (Å²) in [7, 11) is 0. The number of furan rings is 1. The third-order valence-corrected chi connectivity index (χ3v) is 3.11. The monoisotopic (exact) mass is 252 g/mol. The number of amides is 1. The number of thioether (sulfide) groups is 1. The lowest BCUT2D eigenvalue weighted by Crippen LogP contribution is -2.13. The van der Waals surface area contributed by atoms with E-state index < -0.39 is 0 Å². The summed E-state index contributed by atoms with van der Waals surface area (Å²) >= 11 is 1.27. The minimum atomic E-state index is -0.375. The van der Waals surface area contributed by atoms with Crippen molar-refractivity contribution in [1.82, 2.24) is 14.8 Å². The summed E-state index contributed by atoms with van der Waals surface area (Å²) in [5, 5.41) is 8.74. The number of nitrogens with zero attached hydrogens (tertiary/aromatic N) is 3. The summed E-state index contributed by atoms with van der Waals surface area (Å²) in [6.45, 7) is 2.67. The highest BCUT2D eigenvalue weighted by molar-refractivity contribution is 7.99. The minimum Gasteiger partial charge on any atom is -0.461 e. The summed E-state index contributed by atoms with van der Waals surface area (Å²) in [5.74, 6) is 1.13. The van der Waals surface area contributed by atoms with E-state index in [4.69, 9.17) is 10.2 Å². The summed E-state index contributed by atoms with van der Waals surface area (Å²) in [6, 6.07) is 3.61. The average molecular weight is 252 g/mol. The van der Waals surface area contributed by atoms with Crippen LogP contribution >= 0.6 is 11.8 Å². The molecule has 0 fully saturated rings. The van der Waals surface area contributed by atoms with E-state index in [0.717, 1.165) is 0 Å². The van der Waals surface area contributed by atoms with Crippen LogP contribution in [0.2, 0.25) is 0 Å². The highest BCUT2D eigenvalue weighted by Crippen LogP contribution is 2.23. The first-order chi connectivity index (χ1) is 8.22. The Morgan fingerprint density at radius 2 is 2.41 bits per heavy atom. The van der Waals surface area contributed by atoms with Crippen molar-refractivity contribution >= 4 is 17.7 Å². The largest absolute Gasteiger partial charge is 0.461 e. The molecule has 2 aromatic rings. The van der Waals surface area contributed by atoms with Gasteiger partial charge in [0.15, 0.2) is 16.7 Å². The maximum atomic E-state index is 10.7. The van der Waals surface area contributed by atoms with Crippen LogP contribution in [-0.2, 0) is 11.3 Å². The van der Waals surface area contributed by atoms with Gasteiger partial charge in [0.05, 0.1) is 12.0 Å². The molecule has 1 amide bonds. The highest BCUT2D eigenvalue weighted by atomic mass is 32.2. The van der Waals surface area contributed by atoms with Crippen LogP contribution in [0.5, 0.6) is 0 Å². The fourth-order valence-electron chi connectivity index (χ4n) is 1.40. The molecule has 0 aromatic carbocycles. The van der Waals surface area contributed by atoms with Gasteiger partial charge in [0.2, 0.25) is 5.91 Å². The predicted molar refractivity (Wildman–Crippen MR) is 63.3 cm³/mol. The van der Waals surface area contributed by atoms with Crippen molar-refractivity contribution in [1.29, 1.82) is 0 Å². The molecular formula is C10H12N4O2S. The maximum Gasteiger partial charge on any atom is 0.227 e. The molecule has 0 aliphatic carbocycles. The normalized spacial score (nSPS) is 10.6. The maximum absolute atomic E-state index is 10.7. The quantitative estimate of drug-likeness (QED) is 0.806. The Morgan fingerprint density at radius 1 is 1.59 bits per heavy atom. The third kappa shape index (κ3) is 2.50. The second-order valence-corrected chi connectivity index (χ2v) is 4.23. The van der Waals surface area contributed by atoms with E-state index in [9.17, 15) is 4.79 Å². The van der Waals surface area contributed by atoms with Crippen LogP contribution in [0, 0.1) is 0 Å². The summed E-state index contributed by atoms with van der Waals surface area (Å²) in [5.41, 5.74) is 5.10. The zero-order valence-electron chi connectivity index (χ0n) is 9.29. The Labute approximate surface area is 102 Å². The molecule has 6 nitrogen and oxygen atoms in total. The van der Waals surface area contributed by atoms with Gasteiger partial charge >= 0.3 is 0 Å². The van der Waals surface area contributed by atoms with Crippen LogP contribution in [0.4, 0.5) is 0 Å². The van der Waals surface area contributed by atoms with Gasteiger partial charge < -0.3 is 10.2 Å². The van der Waals surface area contributed by atoms with Crippen LogP contribution in [0.3, 0.4) is 0 Å². The van der Waals surface area contributed by atoms with E-state index in [-0.39, 0.29) is 11.7 Å². The van der Waals surface area contributed by atoms with Crippen LogP contribution in [0.25, 0.3) is 11.6 Å². The fourth-order valence-corrected chi connectivity index (χ4v) is 2.15. The molecule has 17 heavy (non-hydrogen) atoms. The Kier molecular flexibility index (Phi) is 3.48. The van der Waals surface area contributed by atoms with Gasteiger partial charge in [-0.05, 0) is 19.1 Å². The molecule has 0 saturated heterocycles. The van der Waals surface area contributed by atoms with Crippen molar-refractivity contribution in [2.24, 2.45) is 5.73 Å². The van der Waals surface area contributed by atoms with E-state index in [1.165, 1.54) is 11.8 Å². The first-order valence-corrected chi connectivity index (χ1v) is 6.09. The number of hydrogen-bond donors (Lipinski definition) is 1. The molecule has 0 aliphatic heterocycles. The number of hydrogen-bond acceptors (Lipinski definition) is 5. The lowest BCUT2D eigenvalue weighted by atomic mass is 10.4. The highest BCUT2D eigenvalue weighted by Gasteiger charge is 2.15. The van der Waals surface area contributed by atoms with Gasteiger partial charge in [-0.3, -0.25) is 9.36 Å². The Bertz CT molecular complexity index is 506. The fraction of sp³-hybridized carbons (Fsp3) is 0.300. The average Bonchev–Trinajstić information content (AvgIpc) is 2.94. The number of aromatic nitrogens is 3. The topological polar surface area (TPSA) is 86.9 Å². The second kappa shape index (κ2) is 5.05. The number of primary amides is 1. The van der Waals surface area contributed by atoms with Crippen LogP contribution in [-0.4, -0.2) is 26.4 Å². The molecule has 2 aromatic heterocycles. The van der Waals surface area contributed by atoms with Gasteiger partial charge in [-0.25, -0.2) is 0 Å². The van der Waals surface area contributed by atoms with Crippen molar-refractivity contribution in [2.45, 2.75) is 18.6 Å². The minimum absolute atomic E-state index is 0.191. The zero-order valence-corrected chi connectivity index (χ0v) is 10.1. The molecule has 0 radical (unpaired) electrons. The molecule has 0 atom stereocenters. The Balaban J connectivity index is 2.27. The number of nitrogens with two attached hydrogens (primary N) is 1. The summed E-state index contributed by atoms with van der Waals surface area (Å²) in [6.07, 6.45) is 1.58. The molecule has 2 heterocycles. The van der Waals surface area contributed by atoms with Crippen molar-refractivity contribution in [3.63, 3.8) is 0 Å². The van der Waals surface area contributed by atoms with Crippen molar-refractivity contribution < 1.29 is 9.21 Å². The van der Waals surface area contributed by atoms with E-state index >= 15 is 0 Å². The number of carbonyl (C=O) groups is 1. The SMILES string of the molecule is CCn1c(SCC(N)=O)nnc1-c1ccco1. The molecule has 0 unspecified atom stereocenters. The summed E-state index contributed by atoms with van der Waals surface area (Å²) < 4.78 is 7.16. The van der Waals surface area contributed by atoms with Gasteiger partial charge in [0.25, 0.3) is 0 Å². The van der Waals surface area contributed by atoms with Crippen molar-refractivity contribution in [2.75, 3.05) is 5.75 Å². The van der Waals surface area contributed by atoms with E-state index in [1.807, 2.05) is 17.6 Å². The van der Waals surface area contributed by atoms with E-state index in [0.29, 0.717) is 23.3 Å². The molecule has 0 aliphatic rings. The smallest absolute Gasteiger partial charge is 0.227 e. The number of rotatable bonds is 5. The standard InChI is InChI=1S/C10H12N4O2S/c1-2-14-9(7-4-3-5-16-7)12-13-10(14)17-6-8(11)15/h3-5H,2,6H2,1H3,(H2,11,15).